The summed E-state index contributed by atoms with van der Waals surface area (Å²) in [6.45, 7) is 6.33. The first-order chi connectivity index (χ1) is 9.10. The fraction of sp³-hybridized carbons (Fsp3) is 0.312. The summed E-state index contributed by atoms with van der Waals surface area (Å²) >= 11 is 1.75. The first-order valence-corrected chi connectivity index (χ1v) is 7.38. The molecule has 0 saturated heterocycles. The number of hydrogen-bond donors (Lipinski definition) is 1. The van der Waals surface area contributed by atoms with Crippen molar-refractivity contribution in [3.05, 3.63) is 53.3 Å². The van der Waals surface area contributed by atoms with Crippen molar-refractivity contribution in [3.8, 4) is 0 Å². The molecule has 0 saturated carbocycles. The lowest BCUT2D eigenvalue weighted by Crippen LogP contribution is -2.10. The zero-order valence-electron chi connectivity index (χ0n) is 11.7. The maximum Gasteiger partial charge on any atom is 0.0571 e. The average Bonchev–Trinajstić information content (AvgIpc) is 2.43. The molecule has 100 valence electrons. The van der Waals surface area contributed by atoms with E-state index < -0.39 is 0 Å². The maximum absolute atomic E-state index is 5.97. The van der Waals surface area contributed by atoms with Crippen molar-refractivity contribution in [1.29, 1.82) is 0 Å². The monoisotopic (exact) mass is 272 g/mol. The number of hydrogen-bond acceptors (Lipinski definition) is 3. The molecule has 1 heterocycles. The van der Waals surface area contributed by atoms with E-state index in [1.807, 2.05) is 12.3 Å². The van der Waals surface area contributed by atoms with Gasteiger partial charge in [-0.25, -0.2) is 0 Å². The lowest BCUT2D eigenvalue weighted by molar-refractivity contribution is 0.674. The smallest absolute Gasteiger partial charge is 0.0571 e. The molecule has 3 heteroatoms. The van der Waals surface area contributed by atoms with Crippen molar-refractivity contribution < 1.29 is 0 Å². The lowest BCUT2D eigenvalue weighted by Gasteiger charge is -2.10. The van der Waals surface area contributed by atoms with Crippen LogP contribution in [0.5, 0.6) is 0 Å². The number of aromatic nitrogens is 1. The van der Waals surface area contributed by atoms with Crippen molar-refractivity contribution in [2.45, 2.75) is 43.0 Å². The highest BCUT2D eigenvalue weighted by molar-refractivity contribution is 7.99. The summed E-state index contributed by atoms with van der Waals surface area (Å²) in [7, 11) is 0. The fourth-order valence-corrected chi connectivity index (χ4v) is 2.79. The standard InChI is InChI=1S/C16H20N2S/c1-4-14(17)15-8-7-13(10-18-15)19-16-9-11(2)5-6-12(16)3/h5-10,14H,4,17H2,1-3H3. The highest BCUT2D eigenvalue weighted by Crippen LogP contribution is 2.30. The van der Waals surface area contributed by atoms with Gasteiger partial charge in [0.25, 0.3) is 0 Å². The molecule has 0 radical (unpaired) electrons. The first kappa shape index (κ1) is 14.1. The van der Waals surface area contributed by atoms with Gasteiger partial charge in [0.15, 0.2) is 0 Å². The van der Waals surface area contributed by atoms with Crippen molar-refractivity contribution in [2.75, 3.05) is 0 Å². The van der Waals surface area contributed by atoms with Gasteiger partial charge in [-0.05, 0) is 49.6 Å². The van der Waals surface area contributed by atoms with Crippen LogP contribution < -0.4 is 5.73 Å². The molecule has 19 heavy (non-hydrogen) atoms. The summed E-state index contributed by atoms with van der Waals surface area (Å²) < 4.78 is 0. The van der Waals surface area contributed by atoms with Crippen LogP contribution in [0.15, 0.2) is 46.3 Å². The molecule has 1 aromatic carbocycles. The van der Waals surface area contributed by atoms with Crippen LogP contribution in [0.3, 0.4) is 0 Å². The molecule has 1 aromatic heterocycles. The molecule has 0 aliphatic carbocycles. The van der Waals surface area contributed by atoms with Crippen LogP contribution in [0.2, 0.25) is 0 Å². The maximum atomic E-state index is 5.97. The quantitative estimate of drug-likeness (QED) is 0.904. The topological polar surface area (TPSA) is 38.9 Å². The Morgan fingerprint density at radius 3 is 2.63 bits per heavy atom. The second-order valence-electron chi connectivity index (χ2n) is 4.80. The second-order valence-corrected chi connectivity index (χ2v) is 5.92. The normalized spacial score (nSPS) is 12.4. The molecule has 0 aliphatic rings. The van der Waals surface area contributed by atoms with Crippen LogP contribution in [0.25, 0.3) is 0 Å². The van der Waals surface area contributed by atoms with Gasteiger partial charge in [0.05, 0.1) is 5.69 Å². The predicted molar refractivity (Wildman–Crippen MR) is 81.5 cm³/mol. The number of aryl methyl sites for hydroxylation is 2. The van der Waals surface area contributed by atoms with Crippen molar-refractivity contribution in [1.82, 2.24) is 4.98 Å². The van der Waals surface area contributed by atoms with Gasteiger partial charge in [-0.2, -0.15) is 0 Å². The molecule has 1 unspecified atom stereocenters. The molecule has 0 aliphatic heterocycles. The molecule has 2 rings (SSSR count). The van der Waals surface area contributed by atoms with Gasteiger partial charge in [0.1, 0.15) is 0 Å². The van der Waals surface area contributed by atoms with Crippen molar-refractivity contribution in [2.24, 2.45) is 5.73 Å². The van der Waals surface area contributed by atoms with Gasteiger partial charge in [-0.15, -0.1) is 0 Å². The van der Waals surface area contributed by atoms with E-state index in [1.165, 1.54) is 16.0 Å². The minimum absolute atomic E-state index is 0.0414. The summed E-state index contributed by atoms with van der Waals surface area (Å²) in [6, 6.07) is 10.7. The highest BCUT2D eigenvalue weighted by atomic mass is 32.2. The molecular weight excluding hydrogens is 252 g/mol. The van der Waals surface area contributed by atoms with Crippen molar-refractivity contribution >= 4 is 11.8 Å². The minimum atomic E-state index is 0.0414. The highest BCUT2D eigenvalue weighted by Gasteiger charge is 2.06. The Kier molecular flexibility index (Phi) is 4.61. The van der Waals surface area contributed by atoms with E-state index in [2.05, 4.69) is 50.0 Å². The van der Waals surface area contributed by atoms with E-state index in [0.29, 0.717) is 0 Å². The Hall–Kier alpha value is -1.32. The fourth-order valence-electron chi connectivity index (χ4n) is 1.82. The van der Waals surface area contributed by atoms with Gasteiger partial charge >= 0.3 is 0 Å². The SMILES string of the molecule is CCC(N)c1ccc(Sc2cc(C)ccc2C)cn1. The van der Waals surface area contributed by atoms with Crippen molar-refractivity contribution in [3.63, 3.8) is 0 Å². The third-order valence-electron chi connectivity index (χ3n) is 3.15. The van der Waals surface area contributed by atoms with E-state index in [1.54, 1.807) is 11.8 Å². The summed E-state index contributed by atoms with van der Waals surface area (Å²) in [5.74, 6) is 0. The zero-order valence-corrected chi connectivity index (χ0v) is 12.5. The summed E-state index contributed by atoms with van der Waals surface area (Å²) in [6.07, 6.45) is 2.83. The van der Waals surface area contributed by atoms with E-state index in [0.717, 1.165) is 17.0 Å². The Bertz CT molecular complexity index is 549. The van der Waals surface area contributed by atoms with E-state index in [9.17, 15) is 0 Å². The van der Waals surface area contributed by atoms with Gasteiger partial charge in [0, 0.05) is 22.0 Å². The Morgan fingerprint density at radius 2 is 2.00 bits per heavy atom. The lowest BCUT2D eigenvalue weighted by atomic mass is 10.1. The molecule has 2 aromatic rings. The third kappa shape index (κ3) is 3.58. The van der Waals surface area contributed by atoms with E-state index >= 15 is 0 Å². The molecule has 0 bridgehead atoms. The van der Waals surface area contributed by atoms with Gasteiger partial charge in [0.2, 0.25) is 0 Å². The first-order valence-electron chi connectivity index (χ1n) is 6.56. The summed E-state index contributed by atoms with van der Waals surface area (Å²) in [5.41, 5.74) is 9.52. The van der Waals surface area contributed by atoms with Crippen LogP contribution in [0, 0.1) is 13.8 Å². The molecule has 2 N–H and O–H groups in total. The predicted octanol–water partition coefficient (Wildman–Crippen LogP) is 4.26. The summed E-state index contributed by atoms with van der Waals surface area (Å²) in [4.78, 5) is 6.89. The number of nitrogens with two attached hydrogens (primary N) is 1. The van der Waals surface area contributed by atoms with Crippen LogP contribution in [0.4, 0.5) is 0 Å². The second kappa shape index (κ2) is 6.22. The minimum Gasteiger partial charge on any atom is -0.323 e. The molecule has 0 amide bonds. The molecular formula is C16H20N2S. The van der Waals surface area contributed by atoms with Gasteiger partial charge in [-0.1, -0.05) is 30.8 Å². The van der Waals surface area contributed by atoms with Crippen LogP contribution in [0.1, 0.15) is 36.2 Å². The third-order valence-corrected chi connectivity index (χ3v) is 4.29. The molecule has 2 nitrogen and oxygen atoms in total. The zero-order chi connectivity index (χ0) is 13.8. The Balaban J connectivity index is 2.17. The molecule has 0 spiro atoms. The van der Waals surface area contributed by atoms with Crippen LogP contribution in [-0.4, -0.2) is 4.98 Å². The molecule has 0 fully saturated rings. The van der Waals surface area contributed by atoms with Crippen LogP contribution >= 0.6 is 11.8 Å². The van der Waals surface area contributed by atoms with Gasteiger partial charge in [-0.3, -0.25) is 4.98 Å². The number of rotatable bonds is 4. The molecule has 1 atom stereocenters. The van der Waals surface area contributed by atoms with E-state index in [-0.39, 0.29) is 6.04 Å². The Morgan fingerprint density at radius 1 is 1.21 bits per heavy atom. The number of nitrogens with zero attached hydrogens (tertiary/aromatic N) is 1. The number of benzene rings is 1. The van der Waals surface area contributed by atoms with E-state index in [4.69, 9.17) is 5.73 Å². The van der Waals surface area contributed by atoms with Crippen LogP contribution in [-0.2, 0) is 0 Å². The summed E-state index contributed by atoms with van der Waals surface area (Å²) in [5, 5.41) is 0. The van der Waals surface area contributed by atoms with Gasteiger partial charge < -0.3 is 5.73 Å². The Labute approximate surface area is 119 Å². The number of pyridine rings is 1. The average molecular weight is 272 g/mol. The largest absolute Gasteiger partial charge is 0.323 e.